The zero-order valence-corrected chi connectivity index (χ0v) is 54.1. The Labute approximate surface area is 503 Å². The molecule has 0 fully saturated rings. The van der Waals surface area contributed by atoms with Crippen LogP contribution >= 0.6 is 0 Å². The van der Waals surface area contributed by atoms with E-state index in [-0.39, 0.29) is 31.1 Å². The zero-order chi connectivity index (χ0) is 58.5. The molecule has 0 aliphatic heterocycles. The van der Waals surface area contributed by atoms with Crippen LogP contribution in [0.15, 0.2) is 72.9 Å². The van der Waals surface area contributed by atoms with E-state index in [1.165, 1.54) is 244 Å². The molecule has 1 unspecified atom stereocenters. The molecule has 0 aliphatic carbocycles. The van der Waals surface area contributed by atoms with Crippen molar-refractivity contribution >= 4 is 17.9 Å². The van der Waals surface area contributed by atoms with Crippen LogP contribution in [0.25, 0.3) is 0 Å². The van der Waals surface area contributed by atoms with E-state index in [1.807, 2.05) is 0 Å². The average molecular weight is 1130 g/mol. The Hall–Kier alpha value is -3.15. The molecule has 0 aromatic carbocycles. The molecule has 81 heavy (non-hydrogen) atoms. The van der Waals surface area contributed by atoms with Crippen molar-refractivity contribution in [1.82, 2.24) is 0 Å². The Kier molecular flexibility index (Phi) is 66.6. The summed E-state index contributed by atoms with van der Waals surface area (Å²) >= 11 is 0. The first kappa shape index (κ1) is 77.9. The quantitative estimate of drug-likeness (QED) is 0.0261. The normalized spacial score (nSPS) is 12.5. The molecule has 0 saturated carbocycles. The molecule has 0 N–H and O–H groups in total. The molecule has 6 nitrogen and oxygen atoms in total. The second-order valence-corrected chi connectivity index (χ2v) is 23.8. The van der Waals surface area contributed by atoms with Crippen molar-refractivity contribution in [3.05, 3.63) is 72.9 Å². The van der Waals surface area contributed by atoms with Crippen molar-refractivity contribution in [2.24, 2.45) is 0 Å². The van der Waals surface area contributed by atoms with Crippen molar-refractivity contribution in [3.8, 4) is 0 Å². The van der Waals surface area contributed by atoms with Crippen molar-refractivity contribution in [1.29, 1.82) is 0 Å². The van der Waals surface area contributed by atoms with Crippen LogP contribution in [0.3, 0.4) is 0 Å². The number of rotatable bonds is 65. The van der Waals surface area contributed by atoms with Crippen molar-refractivity contribution in [3.63, 3.8) is 0 Å². The molecule has 0 aliphatic rings. The van der Waals surface area contributed by atoms with Gasteiger partial charge in [-0.05, 0) is 116 Å². The lowest BCUT2D eigenvalue weighted by atomic mass is 10.0. The predicted molar refractivity (Wildman–Crippen MR) is 353 cm³/mol. The summed E-state index contributed by atoms with van der Waals surface area (Å²) < 4.78 is 17.0. The number of hydrogen-bond acceptors (Lipinski definition) is 6. The fourth-order valence-corrected chi connectivity index (χ4v) is 10.3. The molecule has 0 heterocycles. The van der Waals surface area contributed by atoms with Gasteiger partial charge in [-0.15, -0.1) is 0 Å². The largest absolute Gasteiger partial charge is 0.462 e. The molecule has 470 valence electrons. The maximum atomic E-state index is 13.0. The highest BCUT2D eigenvalue weighted by atomic mass is 16.6. The number of hydrogen-bond donors (Lipinski definition) is 0. The molecule has 6 heteroatoms. The number of allylic oxidation sites excluding steroid dienone is 12. The lowest BCUT2D eigenvalue weighted by Crippen LogP contribution is -2.30. The van der Waals surface area contributed by atoms with Gasteiger partial charge in [-0.3, -0.25) is 14.4 Å². The second-order valence-electron chi connectivity index (χ2n) is 23.8. The lowest BCUT2D eigenvalue weighted by molar-refractivity contribution is -0.167. The maximum absolute atomic E-state index is 13.0. The maximum Gasteiger partial charge on any atom is 0.306 e. The predicted octanol–water partition coefficient (Wildman–Crippen LogP) is 24.4. The van der Waals surface area contributed by atoms with Gasteiger partial charge in [0.15, 0.2) is 6.10 Å². The molecule has 0 rings (SSSR count). The van der Waals surface area contributed by atoms with Gasteiger partial charge in [0.2, 0.25) is 0 Å². The third-order valence-corrected chi connectivity index (χ3v) is 15.7. The Morgan fingerprint density at radius 1 is 0.247 bits per heavy atom. The molecular weight excluding hydrogens is 997 g/mol. The molecule has 0 aromatic heterocycles. The minimum Gasteiger partial charge on any atom is -0.462 e. The summed E-state index contributed by atoms with van der Waals surface area (Å²) in [6, 6.07) is 0. The van der Waals surface area contributed by atoms with Gasteiger partial charge in [0.25, 0.3) is 0 Å². The summed E-state index contributed by atoms with van der Waals surface area (Å²) in [6.45, 7) is 6.64. The van der Waals surface area contributed by atoms with Crippen LogP contribution in [0.1, 0.15) is 367 Å². The highest BCUT2D eigenvalue weighted by molar-refractivity contribution is 5.71. The molecule has 0 aromatic rings. The topological polar surface area (TPSA) is 78.9 Å². The second kappa shape index (κ2) is 69.3. The van der Waals surface area contributed by atoms with Crippen LogP contribution in [-0.2, 0) is 28.6 Å². The fraction of sp³-hybridized carbons (Fsp3) is 0.800. The van der Waals surface area contributed by atoms with Gasteiger partial charge in [-0.2, -0.15) is 0 Å². The summed E-state index contributed by atoms with van der Waals surface area (Å²) in [7, 11) is 0. The number of unbranched alkanes of at least 4 members (excludes halogenated alkanes) is 42. The molecule has 0 radical (unpaired) electrons. The van der Waals surface area contributed by atoms with E-state index in [0.29, 0.717) is 19.3 Å². The Bertz CT molecular complexity index is 1490. The van der Waals surface area contributed by atoms with E-state index < -0.39 is 6.10 Å². The highest BCUT2D eigenvalue weighted by Crippen LogP contribution is 2.17. The molecule has 0 bridgehead atoms. The Morgan fingerprint density at radius 2 is 0.444 bits per heavy atom. The molecule has 0 amide bonds. The summed E-state index contributed by atoms with van der Waals surface area (Å²) in [5.74, 6) is -0.871. The van der Waals surface area contributed by atoms with Gasteiger partial charge < -0.3 is 14.2 Å². The molecule has 0 saturated heterocycles. The van der Waals surface area contributed by atoms with Crippen LogP contribution in [0.2, 0.25) is 0 Å². The Morgan fingerprint density at radius 3 is 0.716 bits per heavy atom. The number of ether oxygens (including phenoxy) is 3. The smallest absolute Gasteiger partial charge is 0.306 e. The minimum atomic E-state index is -0.782. The molecule has 1 atom stereocenters. The third-order valence-electron chi connectivity index (χ3n) is 15.7. The molecular formula is C75H134O6. The summed E-state index contributed by atoms with van der Waals surface area (Å²) in [6.07, 6.45) is 90.7. The first-order valence-corrected chi connectivity index (χ1v) is 35.4. The van der Waals surface area contributed by atoms with Gasteiger partial charge in [0, 0.05) is 19.3 Å². The van der Waals surface area contributed by atoms with Crippen molar-refractivity contribution in [2.75, 3.05) is 13.2 Å². The first-order valence-electron chi connectivity index (χ1n) is 35.4. The van der Waals surface area contributed by atoms with Crippen LogP contribution in [0.4, 0.5) is 0 Å². The van der Waals surface area contributed by atoms with Crippen LogP contribution in [0.5, 0.6) is 0 Å². The van der Waals surface area contributed by atoms with Crippen LogP contribution in [-0.4, -0.2) is 37.2 Å². The summed E-state index contributed by atoms with van der Waals surface area (Å²) in [5.41, 5.74) is 0. The SMILES string of the molecule is CCCCCC/C=C\CCCCCCCC(=O)OCC(COC(=O)CCCCCCCCCCCCCC/C=C\C/C=C\C/C=C\CCCCCCC)OC(=O)CCCCCCCCCCCCC/C=C\C/C=C\CCCCCCC. The van der Waals surface area contributed by atoms with Crippen LogP contribution < -0.4 is 0 Å². The third kappa shape index (κ3) is 67.5. The number of carbonyl (C=O) groups is 3. The molecule has 0 spiro atoms. The minimum absolute atomic E-state index is 0.0774. The summed E-state index contributed by atoms with van der Waals surface area (Å²) in [4.78, 5) is 38.4. The van der Waals surface area contributed by atoms with E-state index in [9.17, 15) is 14.4 Å². The van der Waals surface area contributed by atoms with Crippen molar-refractivity contribution in [2.45, 2.75) is 374 Å². The van der Waals surface area contributed by atoms with Gasteiger partial charge in [-0.25, -0.2) is 0 Å². The van der Waals surface area contributed by atoms with Gasteiger partial charge >= 0.3 is 17.9 Å². The zero-order valence-electron chi connectivity index (χ0n) is 54.1. The van der Waals surface area contributed by atoms with E-state index in [1.54, 1.807) is 0 Å². The highest BCUT2D eigenvalue weighted by Gasteiger charge is 2.19. The van der Waals surface area contributed by atoms with E-state index >= 15 is 0 Å². The number of esters is 3. The fourth-order valence-electron chi connectivity index (χ4n) is 10.3. The van der Waals surface area contributed by atoms with Gasteiger partial charge in [0.05, 0.1) is 0 Å². The van der Waals surface area contributed by atoms with E-state index in [0.717, 1.165) is 83.5 Å². The van der Waals surface area contributed by atoms with Gasteiger partial charge in [0.1, 0.15) is 13.2 Å². The van der Waals surface area contributed by atoms with E-state index in [4.69, 9.17) is 14.2 Å². The van der Waals surface area contributed by atoms with Gasteiger partial charge in [-0.1, -0.05) is 306 Å². The van der Waals surface area contributed by atoms with Crippen LogP contribution in [0, 0.1) is 0 Å². The lowest BCUT2D eigenvalue weighted by Gasteiger charge is -2.18. The van der Waals surface area contributed by atoms with E-state index in [2.05, 4.69) is 93.7 Å². The average Bonchev–Trinajstić information content (AvgIpc) is 3.46. The number of carbonyl (C=O) groups excluding carboxylic acids is 3. The van der Waals surface area contributed by atoms with Crippen molar-refractivity contribution < 1.29 is 28.6 Å². The standard InChI is InChI=1S/C75H134O6/c1-4-7-10-13-16-19-22-25-27-29-31-33-35-36-37-38-40-41-43-45-47-50-53-56-59-62-65-68-74(77)80-71-72(70-79-73(76)67-64-61-58-55-52-49-24-21-18-15-12-9-6-3)81-75(78)69-66-63-60-57-54-51-48-46-44-42-39-34-32-30-28-26-23-20-17-14-11-8-5-2/h21-26,29-32,35-36,72H,4-20,27-28,33-34,37-71H2,1-3H3/b24-21-,25-22-,26-23-,31-29-,32-30-,36-35-. The summed E-state index contributed by atoms with van der Waals surface area (Å²) in [5, 5.41) is 0. The first-order chi connectivity index (χ1) is 40.0. The monoisotopic (exact) mass is 1130 g/mol. The Balaban J connectivity index is 4.27.